The number of rotatable bonds is 7. The number of carbonyl (C=O) groups is 2. The van der Waals surface area contributed by atoms with E-state index in [-0.39, 0.29) is 11.8 Å². The van der Waals surface area contributed by atoms with Crippen molar-refractivity contribution in [2.75, 3.05) is 45.7 Å². The minimum Gasteiger partial charge on any atom is -0.486 e. The van der Waals surface area contributed by atoms with Gasteiger partial charge in [0, 0.05) is 29.4 Å². The molecule has 0 fully saturated rings. The highest BCUT2D eigenvalue weighted by atomic mass is 16.6. The second kappa shape index (κ2) is 9.23. The molecule has 1 aliphatic heterocycles. The van der Waals surface area contributed by atoms with Crippen molar-refractivity contribution in [3.63, 3.8) is 0 Å². The number of anilines is 1. The van der Waals surface area contributed by atoms with Gasteiger partial charge in [0.2, 0.25) is 0 Å². The fourth-order valence-corrected chi connectivity index (χ4v) is 2.80. The summed E-state index contributed by atoms with van der Waals surface area (Å²) in [6.07, 6.45) is 0.884. The molecule has 0 aromatic heterocycles. The molecule has 0 unspecified atom stereocenters. The van der Waals surface area contributed by atoms with Gasteiger partial charge in [-0.15, -0.1) is 0 Å². The van der Waals surface area contributed by atoms with Crippen LogP contribution in [0, 0.1) is 0 Å². The maximum Gasteiger partial charge on any atom is 0.255 e. The molecule has 1 heterocycles. The smallest absolute Gasteiger partial charge is 0.255 e. The molecule has 1 aliphatic rings. The lowest BCUT2D eigenvalue weighted by Crippen LogP contribution is -2.27. The van der Waals surface area contributed by atoms with Gasteiger partial charge in [-0.1, -0.05) is 0 Å². The number of hydrogen-bond donors (Lipinski definition) is 2. The molecule has 0 spiro atoms. The summed E-state index contributed by atoms with van der Waals surface area (Å²) in [6.45, 7) is 2.54. The number of hydrogen-bond acceptors (Lipinski definition) is 5. The maximum atomic E-state index is 12.4. The number of ether oxygens (including phenoxy) is 2. The van der Waals surface area contributed by atoms with Gasteiger partial charge in [0.15, 0.2) is 11.5 Å². The number of fused-ring (bicyclic) bond motifs is 1. The highest BCUT2D eigenvalue weighted by Crippen LogP contribution is 2.32. The van der Waals surface area contributed by atoms with Gasteiger partial charge < -0.3 is 25.0 Å². The Hall–Kier alpha value is -3.06. The van der Waals surface area contributed by atoms with E-state index in [9.17, 15) is 9.59 Å². The number of benzene rings is 2. The van der Waals surface area contributed by atoms with Crippen molar-refractivity contribution in [2.24, 2.45) is 0 Å². The van der Waals surface area contributed by atoms with Gasteiger partial charge in [0.05, 0.1) is 0 Å². The van der Waals surface area contributed by atoms with Crippen LogP contribution in [-0.2, 0) is 0 Å². The Labute approximate surface area is 164 Å². The third-order valence-electron chi connectivity index (χ3n) is 4.28. The molecule has 0 atom stereocenters. The topological polar surface area (TPSA) is 79.9 Å². The van der Waals surface area contributed by atoms with Crippen molar-refractivity contribution in [1.29, 1.82) is 0 Å². The van der Waals surface area contributed by atoms with E-state index in [0.717, 1.165) is 13.0 Å². The highest BCUT2D eigenvalue weighted by molar-refractivity contribution is 6.05. The Morgan fingerprint density at radius 3 is 2.25 bits per heavy atom. The third kappa shape index (κ3) is 5.23. The number of nitrogens with one attached hydrogen (secondary N) is 2. The second-order valence-corrected chi connectivity index (χ2v) is 6.80. The van der Waals surface area contributed by atoms with Crippen LogP contribution in [0.2, 0.25) is 0 Å². The minimum atomic E-state index is -0.255. The monoisotopic (exact) mass is 383 g/mol. The fourth-order valence-electron chi connectivity index (χ4n) is 2.80. The molecule has 0 bridgehead atoms. The first-order valence-electron chi connectivity index (χ1n) is 9.27. The van der Waals surface area contributed by atoms with Crippen LogP contribution in [0.25, 0.3) is 0 Å². The van der Waals surface area contributed by atoms with Crippen molar-refractivity contribution in [3.05, 3.63) is 53.6 Å². The molecule has 2 N–H and O–H groups in total. The predicted octanol–water partition coefficient (Wildman–Crippen LogP) is 2.39. The Kier molecular flexibility index (Phi) is 6.49. The summed E-state index contributed by atoms with van der Waals surface area (Å²) in [5.41, 5.74) is 1.62. The van der Waals surface area contributed by atoms with Gasteiger partial charge >= 0.3 is 0 Å². The number of nitrogens with zero attached hydrogens (tertiary/aromatic N) is 1. The minimum absolute atomic E-state index is 0.141. The molecule has 2 aromatic rings. The molecule has 7 nitrogen and oxygen atoms in total. The molecule has 3 rings (SSSR count). The molecule has 0 aliphatic carbocycles. The molecular weight excluding hydrogens is 358 g/mol. The molecule has 28 heavy (non-hydrogen) atoms. The van der Waals surface area contributed by atoms with Crippen LogP contribution in [0.15, 0.2) is 42.5 Å². The van der Waals surface area contributed by atoms with Gasteiger partial charge in [-0.2, -0.15) is 0 Å². The number of carbonyl (C=O) groups excluding carboxylic acids is 2. The van der Waals surface area contributed by atoms with E-state index in [1.807, 2.05) is 14.1 Å². The fraction of sp³-hybridized carbons (Fsp3) is 0.333. The second-order valence-electron chi connectivity index (χ2n) is 6.80. The van der Waals surface area contributed by atoms with Crippen molar-refractivity contribution in [1.82, 2.24) is 10.2 Å². The van der Waals surface area contributed by atoms with Gasteiger partial charge in [-0.05, 0) is 63.5 Å². The summed E-state index contributed by atoms with van der Waals surface area (Å²) in [7, 11) is 3.99. The van der Waals surface area contributed by atoms with Crippen LogP contribution in [-0.4, -0.2) is 57.1 Å². The zero-order valence-corrected chi connectivity index (χ0v) is 16.2. The first-order valence-corrected chi connectivity index (χ1v) is 9.27. The average Bonchev–Trinajstić information content (AvgIpc) is 2.71. The van der Waals surface area contributed by atoms with Crippen molar-refractivity contribution in [3.8, 4) is 11.5 Å². The Bertz CT molecular complexity index is 834. The van der Waals surface area contributed by atoms with Gasteiger partial charge in [-0.25, -0.2) is 0 Å². The van der Waals surface area contributed by atoms with E-state index < -0.39 is 0 Å². The first kappa shape index (κ1) is 19.7. The van der Waals surface area contributed by atoms with Crippen molar-refractivity contribution in [2.45, 2.75) is 6.42 Å². The maximum absolute atomic E-state index is 12.4. The molecular formula is C21H25N3O4. The molecule has 2 aromatic carbocycles. The van der Waals surface area contributed by atoms with Crippen molar-refractivity contribution >= 4 is 17.5 Å². The molecule has 2 amide bonds. The van der Waals surface area contributed by atoms with E-state index >= 15 is 0 Å². The van der Waals surface area contributed by atoms with E-state index in [0.29, 0.717) is 48.1 Å². The Morgan fingerprint density at radius 2 is 1.57 bits per heavy atom. The summed E-state index contributed by atoms with van der Waals surface area (Å²) in [5.74, 6) is 0.891. The number of amides is 2. The SMILES string of the molecule is CN(C)CCCNC(=O)c1ccc(C(=O)Nc2ccc3c(c2)OCCO3)cc1. The third-order valence-corrected chi connectivity index (χ3v) is 4.28. The van der Waals surface area contributed by atoms with Crippen LogP contribution in [0.3, 0.4) is 0 Å². The van der Waals surface area contributed by atoms with E-state index in [1.54, 1.807) is 42.5 Å². The first-order chi connectivity index (χ1) is 13.5. The molecule has 0 radical (unpaired) electrons. The van der Waals surface area contributed by atoms with E-state index in [4.69, 9.17) is 9.47 Å². The van der Waals surface area contributed by atoms with Crippen LogP contribution < -0.4 is 20.1 Å². The van der Waals surface area contributed by atoms with E-state index in [2.05, 4.69) is 15.5 Å². The standard InChI is InChI=1S/C21H25N3O4/c1-24(2)11-3-10-22-20(25)15-4-6-16(7-5-15)21(26)23-17-8-9-18-19(14-17)28-13-12-27-18/h4-9,14H,3,10-13H2,1-2H3,(H,22,25)(H,23,26). The normalized spacial score (nSPS) is 12.5. The molecule has 148 valence electrons. The average molecular weight is 383 g/mol. The summed E-state index contributed by atoms with van der Waals surface area (Å²) in [4.78, 5) is 26.7. The lowest BCUT2D eigenvalue weighted by atomic mass is 10.1. The summed E-state index contributed by atoms with van der Waals surface area (Å²) in [6, 6.07) is 11.9. The summed E-state index contributed by atoms with van der Waals surface area (Å²) < 4.78 is 11.0. The van der Waals surface area contributed by atoms with Crippen LogP contribution >= 0.6 is 0 Å². The lowest BCUT2D eigenvalue weighted by Gasteiger charge is -2.19. The zero-order chi connectivity index (χ0) is 19.9. The van der Waals surface area contributed by atoms with Crippen LogP contribution in [0.1, 0.15) is 27.1 Å². The predicted molar refractivity (Wildman–Crippen MR) is 107 cm³/mol. The van der Waals surface area contributed by atoms with Crippen LogP contribution in [0.4, 0.5) is 5.69 Å². The molecule has 0 saturated carbocycles. The van der Waals surface area contributed by atoms with E-state index in [1.165, 1.54) is 0 Å². The van der Waals surface area contributed by atoms with Gasteiger partial charge in [-0.3, -0.25) is 9.59 Å². The van der Waals surface area contributed by atoms with Crippen molar-refractivity contribution < 1.29 is 19.1 Å². The lowest BCUT2D eigenvalue weighted by molar-refractivity contribution is 0.0950. The largest absolute Gasteiger partial charge is 0.486 e. The van der Waals surface area contributed by atoms with Crippen LogP contribution in [0.5, 0.6) is 11.5 Å². The van der Waals surface area contributed by atoms with Gasteiger partial charge in [0.1, 0.15) is 13.2 Å². The quantitative estimate of drug-likeness (QED) is 0.718. The Balaban J connectivity index is 1.55. The molecule has 0 saturated heterocycles. The molecule has 7 heteroatoms. The zero-order valence-electron chi connectivity index (χ0n) is 16.2. The van der Waals surface area contributed by atoms with Gasteiger partial charge in [0.25, 0.3) is 11.8 Å². The highest BCUT2D eigenvalue weighted by Gasteiger charge is 2.14. The Morgan fingerprint density at radius 1 is 0.929 bits per heavy atom. The summed E-state index contributed by atoms with van der Waals surface area (Å²) in [5, 5.41) is 5.71. The summed E-state index contributed by atoms with van der Waals surface area (Å²) >= 11 is 0.